The predicted octanol–water partition coefficient (Wildman–Crippen LogP) is 4.42. The second-order valence-electron chi connectivity index (χ2n) is 5.95. The van der Waals surface area contributed by atoms with Gasteiger partial charge in [-0.05, 0) is 37.8 Å². The fraction of sp³-hybridized carbons (Fsp3) is 0.353. The molecule has 2 aromatic heterocycles. The lowest BCUT2D eigenvalue weighted by molar-refractivity contribution is -0.137. The molecule has 0 unspecified atom stereocenters. The third-order valence-corrected chi connectivity index (χ3v) is 6.82. The Morgan fingerprint density at radius 2 is 2.23 bits per heavy atom. The molecule has 0 saturated carbocycles. The van der Waals surface area contributed by atoms with Crippen molar-refractivity contribution in [1.29, 1.82) is 0 Å². The van der Waals surface area contributed by atoms with Crippen LogP contribution in [0.1, 0.15) is 24.1 Å². The van der Waals surface area contributed by atoms with Crippen molar-refractivity contribution in [2.24, 2.45) is 0 Å². The zero-order valence-electron chi connectivity index (χ0n) is 13.9. The smallest absolute Gasteiger partial charge is 0.316 e. The van der Waals surface area contributed by atoms with Gasteiger partial charge < -0.3 is 4.74 Å². The summed E-state index contributed by atoms with van der Waals surface area (Å²) in [6.45, 7) is 0. The van der Waals surface area contributed by atoms with Crippen molar-refractivity contribution in [2.75, 3.05) is 12.9 Å². The van der Waals surface area contributed by atoms with Crippen LogP contribution in [0.3, 0.4) is 0 Å². The van der Waals surface area contributed by atoms with E-state index in [-0.39, 0.29) is 11.7 Å². The standard InChI is InChI=1S/C17H15ClFN3O2S2/c1-24-15(23)8-25-17-20-12-7-13(10(19)6-14(12)26-17)22-16(18)9-4-2-3-5-11(9)21-22/h6-7H,2-5,8H2,1H3. The summed E-state index contributed by atoms with van der Waals surface area (Å²) in [4.78, 5) is 15.8. The molecule has 1 aliphatic carbocycles. The van der Waals surface area contributed by atoms with Crippen LogP contribution in [0.25, 0.3) is 15.9 Å². The highest BCUT2D eigenvalue weighted by molar-refractivity contribution is 8.01. The van der Waals surface area contributed by atoms with E-state index in [0.29, 0.717) is 25.4 Å². The maximum absolute atomic E-state index is 14.7. The minimum absolute atomic E-state index is 0.170. The number of hydrogen-bond donors (Lipinski definition) is 0. The Bertz CT molecular complexity index is 1000. The lowest BCUT2D eigenvalue weighted by Gasteiger charge is -2.08. The molecule has 26 heavy (non-hydrogen) atoms. The molecular formula is C17H15ClFN3O2S2. The number of rotatable bonds is 4. The molecule has 0 aliphatic heterocycles. The maximum Gasteiger partial charge on any atom is 0.316 e. The quantitative estimate of drug-likeness (QED) is 0.470. The number of methoxy groups -OCH3 is 1. The SMILES string of the molecule is COC(=O)CSc1nc2cc(-n3nc4c(c3Cl)CCCC4)c(F)cc2s1. The van der Waals surface area contributed by atoms with Gasteiger partial charge in [0.1, 0.15) is 16.7 Å². The summed E-state index contributed by atoms with van der Waals surface area (Å²) in [5.74, 6) is -0.550. The third-order valence-electron chi connectivity index (χ3n) is 4.30. The van der Waals surface area contributed by atoms with E-state index in [1.165, 1.54) is 41.0 Å². The number of ether oxygens (including phenoxy) is 1. The highest BCUT2D eigenvalue weighted by atomic mass is 35.5. The first kappa shape index (κ1) is 17.8. The molecule has 0 spiro atoms. The van der Waals surface area contributed by atoms with Crippen molar-refractivity contribution in [3.8, 4) is 5.69 Å². The molecule has 2 heterocycles. The van der Waals surface area contributed by atoms with E-state index in [2.05, 4.69) is 14.8 Å². The number of carbonyl (C=O) groups excluding carboxylic acids is 1. The van der Waals surface area contributed by atoms with Crippen molar-refractivity contribution in [3.05, 3.63) is 34.4 Å². The monoisotopic (exact) mass is 411 g/mol. The Balaban J connectivity index is 1.71. The van der Waals surface area contributed by atoms with Gasteiger partial charge >= 0.3 is 5.97 Å². The van der Waals surface area contributed by atoms with Crippen LogP contribution in [0.2, 0.25) is 5.15 Å². The lowest BCUT2D eigenvalue weighted by Crippen LogP contribution is -2.02. The Labute approximate surface area is 162 Å². The van der Waals surface area contributed by atoms with Gasteiger partial charge in [0.25, 0.3) is 0 Å². The summed E-state index contributed by atoms with van der Waals surface area (Å²) in [6, 6.07) is 3.11. The number of fused-ring (bicyclic) bond motifs is 2. The number of esters is 1. The molecule has 1 aliphatic rings. The van der Waals surface area contributed by atoms with E-state index in [1.54, 1.807) is 6.07 Å². The van der Waals surface area contributed by atoms with Gasteiger partial charge in [0.05, 0.1) is 28.8 Å². The predicted molar refractivity (Wildman–Crippen MR) is 101 cm³/mol. The molecule has 5 nitrogen and oxygen atoms in total. The Hall–Kier alpha value is -1.64. The normalized spacial score (nSPS) is 13.8. The Morgan fingerprint density at radius 1 is 1.42 bits per heavy atom. The van der Waals surface area contributed by atoms with Crippen molar-refractivity contribution < 1.29 is 13.9 Å². The second kappa shape index (κ2) is 7.17. The molecule has 136 valence electrons. The van der Waals surface area contributed by atoms with Gasteiger partial charge in [0.2, 0.25) is 0 Å². The minimum atomic E-state index is -0.396. The van der Waals surface area contributed by atoms with Crippen molar-refractivity contribution in [2.45, 2.75) is 30.0 Å². The first-order valence-electron chi connectivity index (χ1n) is 8.13. The summed E-state index contributed by atoms with van der Waals surface area (Å²) in [5.41, 5.74) is 2.92. The van der Waals surface area contributed by atoms with Crippen LogP contribution in [0.4, 0.5) is 4.39 Å². The number of halogens is 2. The van der Waals surface area contributed by atoms with E-state index in [1.807, 2.05) is 0 Å². The van der Waals surface area contributed by atoms with E-state index in [4.69, 9.17) is 11.6 Å². The third kappa shape index (κ3) is 3.21. The molecule has 0 saturated heterocycles. The van der Waals surface area contributed by atoms with E-state index >= 15 is 0 Å². The van der Waals surface area contributed by atoms with Gasteiger partial charge in [0, 0.05) is 5.56 Å². The van der Waals surface area contributed by atoms with Gasteiger partial charge in [-0.25, -0.2) is 14.1 Å². The Kier molecular flexibility index (Phi) is 4.90. The average molecular weight is 412 g/mol. The summed E-state index contributed by atoms with van der Waals surface area (Å²) in [6.07, 6.45) is 3.90. The topological polar surface area (TPSA) is 57.0 Å². The van der Waals surface area contributed by atoms with E-state index in [0.717, 1.165) is 36.9 Å². The molecule has 0 bridgehead atoms. The van der Waals surface area contributed by atoms with Crippen LogP contribution in [0.5, 0.6) is 0 Å². The van der Waals surface area contributed by atoms with Crippen molar-refractivity contribution in [3.63, 3.8) is 0 Å². The van der Waals surface area contributed by atoms with Crippen LogP contribution < -0.4 is 0 Å². The van der Waals surface area contributed by atoms with E-state index < -0.39 is 5.82 Å². The number of aryl methyl sites for hydroxylation is 1. The number of aromatic nitrogens is 3. The number of thioether (sulfide) groups is 1. The molecule has 0 N–H and O–H groups in total. The molecule has 4 rings (SSSR count). The van der Waals surface area contributed by atoms with E-state index in [9.17, 15) is 9.18 Å². The number of thiazole rings is 1. The first-order valence-corrected chi connectivity index (χ1v) is 10.3. The number of carbonyl (C=O) groups is 1. The second-order valence-corrected chi connectivity index (χ2v) is 8.56. The van der Waals surface area contributed by atoms with Gasteiger partial charge in [0.15, 0.2) is 4.34 Å². The highest BCUT2D eigenvalue weighted by Crippen LogP contribution is 2.34. The Morgan fingerprint density at radius 3 is 3.00 bits per heavy atom. The van der Waals surface area contributed by atoms with Crippen molar-refractivity contribution in [1.82, 2.24) is 14.8 Å². The molecule has 0 radical (unpaired) electrons. The molecule has 0 amide bonds. The number of benzene rings is 1. The average Bonchev–Trinajstić information content (AvgIpc) is 3.19. The van der Waals surface area contributed by atoms with Crippen LogP contribution in [-0.4, -0.2) is 33.6 Å². The summed E-state index contributed by atoms with van der Waals surface area (Å²) >= 11 is 9.08. The zero-order chi connectivity index (χ0) is 18.3. The van der Waals surface area contributed by atoms with Crippen LogP contribution in [0, 0.1) is 5.82 Å². The molecule has 1 aromatic carbocycles. The largest absolute Gasteiger partial charge is 0.468 e. The van der Waals surface area contributed by atoms with Gasteiger partial charge in [-0.2, -0.15) is 5.10 Å². The fourth-order valence-electron chi connectivity index (χ4n) is 2.99. The lowest BCUT2D eigenvalue weighted by atomic mass is 9.99. The highest BCUT2D eigenvalue weighted by Gasteiger charge is 2.22. The van der Waals surface area contributed by atoms with Crippen molar-refractivity contribution >= 4 is 50.9 Å². The number of nitrogens with zero attached hydrogens (tertiary/aromatic N) is 3. The molecule has 9 heteroatoms. The molecule has 3 aromatic rings. The van der Waals surface area contributed by atoms with Crippen LogP contribution >= 0.6 is 34.7 Å². The summed E-state index contributed by atoms with van der Waals surface area (Å²) in [7, 11) is 1.34. The fourth-order valence-corrected chi connectivity index (χ4v) is 5.23. The van der Waals surface area contributed by atoms with Gasteiger partial charge in [-0.15, -0.1) is 11.3 Å². The summed E-state index contributed by atoms with van der Waals surface area (Å²) in [5, 5.41) is 5.00. The molecule has 0 fully saturated rings. The zero-order valence-corrected chi connectivity index (χ0v) is 16.3. The minimum Gasteiger partial charge on any atom is -0.468 e. The van der Waals surface area contributed by atoms with Crippen LogP contribution in [-0.2, 0) is 22.4 Å². The first-order chi connectivity index (χ1) is 12.6. The van der Waals surface area contributed by atoms with Gasteiger partial charge in [-0.3, -0.25) is 4.79 Å². The summed E-state index contributed by atoms with van der Waals surface area (Å²) < 4.78 is 22.2. The maximum atomic E-state index is 14.7. The number of hydrogen-bond acceptors (Lipinski definition) is 6. The van der Waals surface area contributed by atoms with Crippen LogP contribution in [0.15, 0.2) is 16.5 Å². The molecular weight excluding hydrogens is 397 g/mol. The van der Waals surface area contributed by atoms with Gasteiger partial charge in [-0.1, -0.05) is 23.4 Å². The molecule has 0 atom stereocenters.